The number of para-hydroxylation sites is 1. The third kappa shape index (κ3) is 5.89. The van der Waals surface area contributed by atoms with Crippen molar-refractivity contribution in [2.75, 3.05) is 36.7 Å². The van der Waals surface area contributed by atoms with Crippen molar-refractivity contribution in [2.24, 2.45) is 5.92 Å². The zero-order chi connectivity index (χ0) is 37.8. The summed E-state index contributed by atoms with van der Waals surface area (Å²) in [5.41, 5.74) is 4.10. The number of benzene rings is 4. The second kappa shape index (κ2) is 14.0. The van der Waals surface area contributed by atoms with Crippen LogP contribution in [-0.2, 0) is 44.2 Å². The second-order valence-electron chi connectivity index (χ2n) is 15.5. The molecule has 0 aliphatic carbocycles. The van der Waals surface area contributed by atoms with E-state index in [1.165, 1.54) is 5.19 Å². The van der Waals surface area contributed by atoms with Gasteiger partial charge in [-0.15, -0.1) is 0 Å². The molecule has 4 aliphatic heterocycles. The first kappa shape index (κ1) is 36.0. The van der Waals surface area contributed by atoms with Gasteiger partial charge in [-0.3, -0.25) is 14.5 Å². The number of cyclic esters (lactones) is 1. The maximum absolute atomic E-state index is 15.2. The molecule has 0 bridgehead atoms. The highest BCUT2D eigenvalue weighted by molar-refractivity contribution is 6.91. The van der Waals surface area contributed by atoms with Gasteiger partial charge in [-0.1, -0.05) is 91.9 Å². The minimum absolute atomic E-state index is 0.0834. The first-order chi connectivity index (χ1) is 26.1. The van der Waals surface area contributed by atoms with Crippen LogP contribution in [0.5, 0.6) is 5.75 Å². The molecule has 2 fully saturated rings. The molecular formula is C43H47N3O7Si. The number of fused-ring (bicyclic) bond motifs is 3. The van der Waals surface area contributed by atoms with Gasteiger partial charge in [0, 0.05) is 23.7 Å². The molecule has 2 saturated heterocycles. The molecule has 4 aliphatic rings. The highest BCUT2D eigenvalue weighted by atomic mass is 28.3. The number of aliphatic hydroxyl groups excluding tert-OH is 1. The number of ether oxygens (including phenoxy) is 3. The number of carbonyl (C=O) groups excluding carboxylic acids is 3. The van der Waals surface area contributed by atoms with E-state index in [4.69, 9.17) is 14.2 Å². The first-order valence-corrected chi connectivity index (χ1v) is 21.9. The lowest BCUT2D eigenvalue weighted by molar-refractivity contribution is -0.151. The van der Waals surface area contributed by atoms with Gasteiger partial charge in [-0.05, 0) is 59.0 Å². The molecule has 4 heterocycles. The van der Waals surface area contributed by atoms with Crippen molar-refractivity contribution >= 4 is 42.5 Å². The fourth-order valence-corrected chi connectivity index (χ4v) is 13.6. The zero-order valence-electron chi connectivity index (χ0n) is 31.2. The molecule has 10 nitrogen and oxygen atoms in total. The van der Waals surface area contributed by atoms with Gasteiger partial charge in [-0.25, -0.2) is 4.79 Å². The largest absolute Gasteiger partial charge is 0.497 e. The Labute approximate surface area is 317 Å². The number of hydrogen-bond donors (Lipinski definition) is 1. The summed E-state index contributed by atoms with van der Waals surface area (Å²) in [6.45, 7) is 8.21. The molecule has 0 aromatic heterocycles. The SMILES string of the molecule is COc1ccc([Si](C)(C)[C@H]2[C@H](CC(=O)N3Cc4ccccc4C[C@H]3CO)O[C@@]3(C(=O)N(Cc4ccc(N5CCOC5=O)cc4)c4ccccc43)[C@@H]2C)cc1. The van der Waals surface area contributed by atoms with Crippen LogP contribution < -0.4 is 19.7 Å². The number of aliphatic hydroxyl groups is 1. The Morgan fingerprint density at radius 2 is 1.65 bits per heavy atom. The van der Waals surface area contributed by atoms with Crippen molar-refractivity contribution < 1.29 is 33.7 Å². The van der Waals surface area contributed by atoms with Crippen LogP contribution in [0.4, 0.5) is 16.2 Å². The number of methoxy groups -OCH3 is 1. The second-order valence-corrected chi connectivity index (χ2v) is 20.2. The third-order valence-electron chi connectivity index (χ3n) is 12.4. The molecule has 8 rings (SSSR count). The lowest BCUT2D eigenvalue weighted by atomic mass is 9.82. The Morgan fingerprint density at radius 3 is 2.33 bits per heavy atom. The van der Waals surface area contributed by atoms with Crippen LogP contribution in [0.3, 0.4) is 0 Å². The maximum Gasteiger partial charge on any atom is 0.414 e. The van der Waals surface area contributed by atoms with Crippen LogP contribution in [0.1, 0.15) is 35.6 Å². The van der Waals surface area contributed by atoms with Crippen molar-refractivity contribution in [1.82, 2.24) is 4.90 Å². The monoisotopic (exact) mass is 745 g/mol. The van der Waals surface area contributed by atoms with Crippen molar-refractivity contribution in [1.29, 1.82) is 0 Å². The van der Waals surface area contributed by atoms with E-state index >= 15 is 4.79 Å². The highest BCUT2D eigenvalue weighted by Gasteiger charge is 2.66. The van der Waals surface area contributed by atoms with Crippen LogP contribution >= 0.6 is 0 Å². The molecule has 0 radical (unpaired) electrons. The number of rotatable bonds is 9. The smallest absolute Gasteiger partial charge is 0.414 e. The molecule has 3 amide bonds. The van der Waals surface area contributed by atoms with E-state index in [0.717, 1.165) is 39.4 Å². The predicted molar refractivity (Wildman–Crippen MR) is 209 cm³/mol. The average molecular weight is 746 g/mol. The Bertz CT molecular complexity index is 2070. The van der Waals surface area contributed by atoms with E-state index < -0.39 is 19.8 Å². The summed E-state index contributed by atoms with van der Waals surface area (Å²) in [6, 6.07) is 31.5. The Kier molecular flexibility index (Phi) is 9.36. The molecule has 5 atom stereocenters. The van der Waals surface area contributed by atoms with Gasteiger partial charge >= 0.3 is 6.09 Å². The Balaban J connectivity index is 1.15. The summed E-state index contributed by atoms with van der Waals surface area (Å²) >= 11 is 0. The van der Waals surface area contributed by atoms with Gasteiger partial charge in [0.1, 0.15) is 12.4 Å². The predicted octanol–water partition coefficient (Wildman–Crippen LogP) is 5.75. The molecule has 1 spiro atoms. The molecule has 11 heteroatoms. The van der Waals surface area contributed by atoms with Gasteiger partial charge in [0.15, 0.2) is 5.60 Å². The van der Waals surface area contributed by atoms with E-state index in [2.05, 4.69) is 38.2 Å². The van der Waals surface area contributed by atoms with Crippen LogP contribution in [0.15, 0.2) is 97.1 Å². The van der Waals surface area contributed by atoms with Crippen molar-refractivity contribution in [2.45, 2.75) is 69.2 Å². The Morgan fingerprint density at radius 1 is 0.944 bits per heavy atom. The van der Waals surface area contributed by atoms with E-state index in [1.807, 2.05) is 88.7 Å². The number of carbonyl (C=O) groups is 3. The van der Waals surface area contributed by atoms with E-state index in [1.54, 1.807) is 12.0 Å². The number of hydrogen-bond acceptors (Lipinski definition) is 7. The fourth-order valence-electron chi connectivity index (χ4n) is 9.55. The van der Waals surface area contributed by atoms with E-state index in [-0.39, 0.29) is 48.4 Å². The van der Waals surface area contributed by atoms with Crippen molar-refractivity contribution in [3.8, 4) is 5.75 Å². The summed E-state index contributed by atoms with van der Waals surface area (Å²) in [5, 5.41) is 11.6. The van der Waals surface area contributed by atoms with Gasteiger partial charge in [0.2, 0.25) is 5.91 Å². The quantitative estimate of drug-likeness (QED) is 0.218. The number of anilines is 2. The first-order valence-electron chi connectivity index (χ1n) is 18.8. The Hall–Kier alpha value is -4.97. The number of nitrogens with zero attached hydrogens (tertiary/aromatic N) is 3. The van der Waals surface area contributed by atoms with Crippen LogP contribution in [-0.4, -0.2) is 75.0 Å². The summed E-state index contributed by atoms with van der Waals surface area (Å²) < 4.78 is 17.9. The van der Waals surface area contributed by atoms with Crippen LogP contribution in [0.25, 0.3) is 0 Å². The minimum atomic E-state index is -2.49. The topological polar surface area (TPSA) is 109 Å². The van der Waals surface area contributed by atoms with Crippen molar-refractivity contribution in [3.05, 3.63) is 119 Å². The average Bonchev–Trinajstić information content (AvgIpc) is 3.83. The third-order valence-corrected chi connectivity index (χ3v) is 16.7. The molecule has 54 heavy (non-hydrogen) atoms. The highest BCUT2D eigenvalue weighted by Crippen LogP contribution is 2.60. The summed E-state index contributed by atoms with van der Waals surface area (Å²) in [7, 11) is -0.833. The van der Waals surface area contributed by atoms with Gasteiger partial charge < -0.3 is 29.1 Å². The minimum Gasteiger partial charge on any atom is -0.497 e. The van der Waals surface area contributed by atoms with E-state index in [0.29, 0.717) is 32.7 Å². The lowest BCUT2D eigenvalue weighted by Crippen LogP contribution is -2.52. The van der Waals surface area contributed by atoms with Crippen LogP contribution in [0.2, 0.25) is 18.6 Å². The summed E-state index contributed by atoms with van der Waals surface area (Å²) in [4.78, 5) is 47.1. The van der Waals surface area contributed by atoms with E-state index in [9.17, 15) is 14.7 Å². The van der Waals surface area contributed by atoms with Crippen LogP contribution in [0, 0.1) is 5.92 Å². The summed E-state index contributed by atoms with van der Waals surface area (Å²) in [6.07, 6.45) is -0.229. The molecule has 280 valence electrons. The molecule has 1 N–H and O–H groups in total. The zero-order valence-corrected chi connectivity index (χ0v) is 32.2. The normalized spacial score (nSPS) is 24.9. The summed E-state index contributed by atoms with van der Waals surface area (Å²) in [5.74, 6) is 0.284. The standard InChI is InChI=1S/C43H47N3O7Si/c1-28-40(54(3,4)35-19-17-34(51-2)18-20-35)38(24-39(48)45-26-31-10-6-5-9-30(31)23-33(45)27-47)53-43(28)36-11-7-8-12-37(36)46(41(43)49)25-29-13-15-32(16-14-29)44-21-22-52-42(44)50/h5-20,28,33,38,40,47H,21-27H2,1-4H3/t28-,33+,38+,40-,43+/m1/s1. The lowest BCUT2D eigenvalue weighted by Gasteiger charge is -2.39. The van der Waals surface area contributed by atoms with Gasteiger partial charge in [0.25, 0.3) is 5.91 Å². The molecule has 0 unspecified atom stereocenters. The van der Waals surface area contributed by atoms with Gasteiger partial charge in [-0.2, -0.15) is 0 Å². The molecular weight excluding hydrogens is 699 g/mol. The number of amides is 3. The van der Waals surface area contributed by atoms with Gasteiger partial charge in [0.05, 0.1) is 59.1 Å². The molecule has 0 saturated carbocycles. The molecule has 4 aromatic rings. The van der Waals surface area contributed by atoms with Crippen molar-refractivity contribution in [3.63, 3.8) is 0 Å². The fraction of sp³-hybridized carbons (Fsp3) is 0.372. The molecule has 4 aromatic carbocycles. The maximum atomic E-state index is 15.2.